The van der Waals surface area contributed by atoms with Gasteiger partial charge in [-0.15, -0.1) is 11.3 Å². The lowest BCUT2D eigenvalue weighted by atomic mass is 10.3. The van der Waals surface area contributed by atoms with Gasteiger partial charge in [-0.05, 0) is 29.6 Å². The first-order valence-corrected chi connectivity index (χ1v) is 7.23. The van der Waals surface area contributed by atoms with Crippen molar-refractivity contribution in [2.75, 3.05) is 6.54 Å². The number of carbonyl (C=O) groups excluding carboxylic acids is 1. The summed E-state index contributed by atoms with van der Waals surface area (Å²) in [6.07, 6.45) is 0. The van der Waals surface area contributed by atoms with Gasteiger partial charge in [-0.1, -0.05) is 6.07 Å². The minimum Gasteiger partial charge on any atom is -0.350 e. The summed E-state index contributed by atoms with van der Waals surface area (Å²) in [5.74, 6) is -0.564. The Bertz CT molecular complexity index is 836. The third-order valence-corrected chi connectivity index (χ3v) is 3.97. The van der Waals surface area contributed by atoms with E-state index in [1.807, 2.05) is 5.38 Å². The van der Waals surface area contributed by atoms with Crippen LogP contribution in [0.15, 0.2) is 40.5 Å². The monoisotopic (exact) mass is 305 g/mol. The second kappa shape index (κ2) is 5.53. The highest BCUT2D eigenvalue weighted by Gasteiger charge is 2.09. The van der Waals surface area contributed by atoms with Crippen LogP contribution in [0.1, 0.15) is 9.67 Å². The Morgan fingerprint density at radius 1 is 1.38 bits per heavy atom. The topological polar surface area (TPSA) is 66.9 Å². The fourth-order valence-electron chi connectivity index (χ4n) is 2.13. The first kappa shape index (κ1) is 13.6. The number of fused-ring (bicyclic) bond motifs is 1. The molecule has 108 valence electrons. The number of imidazole rings is 1. The zero-order valence-corrected chi connectivity index (χ0v) is 11.7. The molecule has 3 aromatic rings. The molecule has 0 unspecified atom stereocenters. The SMILES string of the molecule is O=C(NCCn1c(=O)[nH]c2cc(F)ccc21)c1cccs1. The van der Waals surface area contributed by atoms with Gasteiger partial charge in [0.05, 0.1) is 15.9 Å². The normalized spacial score (nSPS) is 10.9. The second-order valence-electron chi connectivity index (χ2n) is 4.48. The summed E-state index contributed by atoms with van der Waals surface area (Å²) >= 11 is 1.36. The lowest BCUT2D eigenvalue weighted by molar-refractivity contribution is 0.0956. The number of nitrogens with one attached hydrogen (secondary N) is 2. The fraction of sp³-hybridized carbons (Fsp3) is 0.143. The van der Waals surface area contributed by atoms with E-state index in [9.17, 15) is 14.0 Å². The van der Waals surface area contributed by atoms with Crippen molar-refractivity contribution < 1.29 is 9.18 Å². The van der Waals surface area contributed by atoms with Gasteiger partial charge < -0.3 is 10.3 Å². The molecular formula is C14H12FN3O2S. The van der Waals surface area contributed by atoms with Gasteiger partial charge in [0.15, 0.2) is 0 Å². The van der Waals surface area contributed by atoms with Gasteiger partial charge in [0, 0.05) is 13.1 Å². The molecular weight excluding hydrogens is 293 g/mol. The van der Waals surface area contributed by atoms with Crippen LogP contribution in [0.4, 0.5) is 4.39 Å². The van der Waals surface area contributed by atoms with E-state index in [1.54, 1.807) is 18.2 Å². The number of halogens is 1. The van der Waals surface area contributed by atoms with E-state index in [0.717, 1.165) is 0 Å². The molecule has 0 saturated carbocycles. The summed E-state index contributed by atoms with van der Waals surface area (Å²) in [6.45, 7) is 0.641. The molecule has 1 aromatic carbocycles. The summed E-state index contributed by atoms with van der Waals surface area (Å²) in [5, 5.41) is 4.58. The standard InChI is InChI=1S/C14H12FN3O2S/c15-9-3-4-11-10(8-9)17-14(20)18(11)6-5-16-13(19)12-2-1-7-21-12/h1-4,7-8H,5-6H2,(H,16,19)(H,17,20). The van der Waals surface area contributed by atoms with Crippen LogP contribution in [0.5, 0.6) is 0 Å². The molecule has 0 aliphatic heterocycles. The van der Waals surface area contributed by atoms with Crippen molar-refractivity contribution in [2.24, 2.45) is 0 Å². The maximum Gasteiger partial charge on any atom is 0.326 e. The third-order valence-electron chi connectivity index (χ3n) is 3.10. The number of rotatable bonds is 4. The van der Waals surface area contributed by atoms with E-state index in [2.05, 4.69) is 10.3 Å². The lowest BCUT2D eigenvalue weighted by Crippen LogP contribution is -2.29. The van der Waals surface area contributed by atoms with Crippen LogP contribution in [0.25, 0.3) is 11.0 Å². The molecule has 0 fully saturated rings. The number of aromatic nitrogens is 2. The first-order chi connectivity index (χ1) is 10.1. The van der Waals surface area contributed by atoms with Crippen molar-refractivity contribution in [2.45, 2.75) is 6.54 Å². The smallest absolute Gasteiger partial charge is 0.326 e. The Morgan fingerprint density at radius 3 is 3.00 bits per heavy atom. The summed E-state index contributed by atoms with van der Waals surface area (Å²) < 4.78 is 14.6. The van der Waals surface area contributed by atoms with Crippen LogP contribution in [0.2, 0.25) is 0 Å². The van der Waals surface area contributed by atoms with Crippen molar-refractivity contribution in [1.82, 2.24) is 14.9 Å². The summed E-state index contributed by atoms with van der Waals surface area (Å²) in [4.78, 5) is 26.8. The minimum absolute atomic E-state index is 0.163. The van der Waals surface area contributed by atoms with Gasteiger partial charge in [-0.3, -0.25) is 9.36 Å². The van der Waals surface area contributed by atoms with Crippen molar-refractivity contribution in [3.8, 4) is 0 Å². The van der Waals surface area contributed by atoms with Crippen LogP contribution in [0.3, 0.4) is 0 Å². The number of H-pyrrole nitrogens is 1. The third kappa shape index (κ3) is 2.73. The summed E-state index contributed by atoms with van der Waals surface area (Å²) in [7, 11) is 0. The molecule has 0 aliphatic carbocycles. The van der Waals surface area contributed by atoms with Gasteiger partial charge in [-0.2, -0.15) is 0 Å². The van der Waals surface area contributed by atoms with Crippen molar-refractivity contribution in [3.05, 3.63) is 56.9 Å². The molecule has 0 spiro atoms. The first-order valence-electron chi connectivity index (χ1n) is 6.35. The maximum absolute atomic E-state index is 13.1. The van der Waals surface area contributed by atoms with E-state index in [4.69, 9.17) is 0 Å². The molecule has 5 nitrogen and oxygen atoms in total. The summed E-state index contributed by atoms with van der Waals surface area (Å²) in [6, 6.07) is 7.66. The van der Waals surface area contributed by atoms with E-state index < -0.39 is 5.82 Å². The Kier molecular flexibility index (Phi) is 3.57. The molecule has 3 rings (SSSR count). The van der Waals surface area contributed by atoms with Crippen molar-refractivity contribution in [1.29, 1.82) is 0 Å². The molecule has 0 radical (unpaired) electrons. The number of aromatic amines is 1. The number of hydrogen-bond donors (Lipinski definition) is 2. The van der Waals surface area contributed by atoms with E-state index in [1.165, 1.54) is 28.0 Å². The van der Waals surface area contributed by atoms with Gasteiger partial charge >= 0.3 is 5.69 Å². The number of carbonyl (C=O) groups is 1. The molecule has 2 N–H and O–H groups in total. The maximum atomic E-state index is 13.1. The molecule has 2 aromatic heterocycles. The van der Waals surface area contributed by atoms with Gasteiger partial charge in [-0.25, -0.2) is 9.18 Å². The summed E-state index contributed by atoms with van der Waals surface area (Å²) in [5.41, 5.74) is 0.748. The van der Waals surface area contributed by atoms with Gasteiger partial charge in [0.25, 0.3) is 5.91 Å². The highest BCUT2D eigenvalue weighted by atomic mass is 32.1. The average molecular weight is 305 g/mol. The van der Waals surface area contributed by atoms with E-state index >= 15 is 0 Å². The van der Waals surface area contributed by atoms with E-state index in [0.29, 0.717) is 29.0 Å². The Morgan fingerprint density at radius 2 is 2.24 bits per heavy atom. The van der Waals surface area contributed by atoms with Crippen LogP contribution < -0.4 is 11.0 Å². The number of benzene rings is 1. The van der Waals surface area contributed by atoms with Gasteiger partial charge in [0.1, 0.15) is 5.82 Å². The predicted molar refractivity (Wildman–Crippen MR) is 79.2 cm³/mol. The molecule has 1 amide bonds. The molecule has 0 atom stereocenters. The number of thiophene rings is 1. The molecule has 0 bridgehead atoms. The average Bonchev–Trinajstić information content (AvgIpc) is 3.07. The predicted octanol–water partition coefficient (Wildman–Crippen LogP) is 1.96. The van der Waals surface area contributed by atoms with Crippen LogP contribution in [-0.4, -0.2) is 22.0 Å². The number of nitrogens with zero attached hydrogens (tertiary/aromatic N) is 1. The fourth-order valence-corrected chi connectivity index (χ4v) is 2.77. The van der Waals surface area contributed by atoms with Crippen LogP contribution in [0, 0.1) is 5.82 Å². The number of hydrogen-bond acceptors (Lipinski definition) is 3. The largest absolute Gasteiger partial charge is 0.350 e. The Hall–Kier alpha value is -2.41. The minimum atomic E-state index is -0.401. The van der Waals surface area contributed by atoms with Crippen molar-refractivity contribution in [3.63, 3.8) is 0 Å². The zero-order chi connectivity index (χ0) is 14.8. The highest BCUT2D eigenvalue weighted by Crippen LogP contribution is 2.11. The highest BCUT2D eigenvalue weighted by molar-refractivity contribution is 7.12. The van der Waals surface area contributed by atoms with Gasteiger partial charge in [0.2, 0.25) is 0 Å². The van der Waals surface area contributed by atoms with E-state index in [-0.39, 0.29) is 11.6 Å². The number of amides is 1. The lowest BCUT2D eigenvalue weighted by Gasteiger charge is -2.05. The van der Waals surface area contributed by atoms with Crippen LogP contribution >= 0.6 is 11.3 Å². The zero-order valence-electron chi connectivity index (χ0n) is 10.9. The Balaban J connectivity index is 1.72. The molecule has 21 heavy (non-hydrogen) atoms. The van der Waals surface area contributed by atoms with Crippen molar-refractivity contribution >= 4 is 28.3 Å². The van der Waals surface area contributed by atoms with Crippen LogP contribution in [-0.2, 0) is 6.54 Å². The Labute approximate surface area is 123 Å². The molecule has 7 heteroatoms. The molecule has 0 saturated heterocycles. The molecule has 2 heterocycles. The quantitative estimate of drug-likeness (QED) is 0.774. The molecule has 0 aliphatic rings. The second-order valence-corrected chi connectivity index (χ2v) is 5.42.